The molecule has 1 aliphatic rings. The van der Waals surface area contributed by atoms with Crippen LogP contribution in [0.3, 0.4) is 0 Å². The van der Waals surface area contributed by atoms with Gasteiger partial charge in [-0.15, -0.1) is 0 Å². The summed E-state index contributed by atoms with van der Waals surface area (Å²) in [7, 11) is 3.25. The number of carbonyl (C=O) groups excluding carboxylic acids is 1. The molecule has 0 spiro atoms. The smallest absolute Gasteiger partial charge is 0.274 e. The predicted octanol–water partition coefficient (Wildman–Crippen LogP) is 3.02. The number of benzene rings is 1. The molecule has 0 bridgehead atoms. The summed E-state index contributed by atoms with van der Waals surface area (Å²) in [6.07, 6.45) is 6.08. The molecule has 0 atom stereocenters. The van der Waals surface area contributed by atoms with E-state index in [1.807, 2.05) is 23.1 Å². The van der Waals surface area contributed by atoms with Gasteiger partial charge in [0.25, 0.3) is 5.91 Å². The van der Waals surface area contributed by atoms with E-state index in [1.165, 1.54) is 0 Å². The third kappa shape index (κ3) is 4.91. The van der Waals surface area contributed by atoms with Crippen LogP contribution in [0.25, 0.3) is 0 Å². The number of likely N-dealkylation sites (tertiary alicyclic amines) is 1. The SMILES string of the molecule is COc1ccc(CCNc2cnc(C(=O)N3CCC(C)CC3)cn2)cc1OC. The van der Waals surface area contributed by atoms with Gasteiger partial charge in [0.1, 0.15) is 11.5 Å². The van der Waals surface area contributed by atoms with Crippen molar-refractivity contribution in [2.24, 2.45) is 5.92 Å². The Morgan fingerprint density at radius 2 is 1.89 bits per heavy atom. The second kappa shape index (κ2) is 9.39. The summed E-state index contributed by atoms with van der Waals surface area (Å²) in [5.41, 5.74) is 1.53. The summed E-state index contributed by atoms with van der Waals surface area (Å²) in [6, 6.07) is 5.87. The Kier molecular flexibility index (Phi) is 6.68. The van der Waals surface area contributed by atoms with Crippen LogP contribution in [-0.2, 0) is 6.42 Å². The minimum Gasteiger partial charge on any atom is -0.493 e. The zero-order chi connectivity index (χ0) is 19.9. The fourth-order valence-corrected chi connectivity index (χ4v) is 3.27. The van der Waals surface area contributed by atoms with Gasteiger partial charge in [-0.2, -0.15) is 0 Å². The van der Waals surface area contributed by atoms with Crippen molar-refractivity contribution < 1.29 is 14.3 Å². The van der Waals surface area contributed by atoms with Crippen LogP contribution in [-0.4, -0.2) is 54.6 Å². The second-order valence-corrected chi connectivity index (χ2v) is 7.13. The highest BCUT2D eigenvalue weighted by atomic mass is 16.5. The molecule has 150 valence electrons. The van der Waals surface area contributed by atoms with E-state index in [0.717, 1.165) is 43.7 Å². The maximum atomic E-state index is 12.5. The third-order valence-corrected chi connectivity index (χ3v) is 5.11. The maximum absolute atomic E-state index is 12.5. The number of piperidine rings is 1. The van der Waals surface area contributed by atoms with Crippen LogP contribution in [0.1, 0.15) is 35.8 Å². The third-order valence-electron chi connectivity index (χ3n) is 5.11. The number of nitrogens with one attached hydrogen (secondary N) is 1. The number of hydrogen-bond donors (Lipinski definition) is 1. The maximum Gasteiger partial charge on any atom is 0.274 e. The van der Waals surface area contributed by atoms with Crippen LogP contribution in [0.2, 0.25) is 0 Å². The number of carbonyl (C=O) groups is 1. The number of hydrogen-bond acceptors (Lipinski definition) is 6. The van der Waals surface area contributed by atoms with E-state index < -0.39 is 0 Å². The average molecular weight is 384 g/mol. The minimum absolute atomic E-state index is 0.0312. The lowest BCUT2D eigenvalue weighted by molar-refractivity contribution is 0.0691. The lowest BCUT2D eigenvalue weighted by Crippen LogP contribution is -2.38. The Hall–Kier alpha value is -2.83. The van der Waals surface area contributed by atoms with Crippen LogP contribution in [0, 0.1) is 5.92 Å². The summed E-state index contributed by atoms with van der Waals surface area (Å²) >= 11 is 0. The largest absolute Gasteiger partial charge is 0.493 e. The molecule has 2 heterocycles. The molecule has 3 rings (SSSR count). The van der Waals surface area contributed by atoms with E-state index in [1.54, 1.807) is 26.6 Å². The molecule has 0 unspecified atom stereocenters. The van der Waals surface area contributed by atoms with E-state index in [-0.39, 0.29) is 5.91 Å². The highest BCUT2D eigenvalue weighted by Gasteiger charge is 2.22. The number of amides is 1. The van der Waals surface area contributed by atoms with Gasteiger partial charge >= 0.3 is 0 Å². The Bertz CT molecular complexity index is 787. The van der Waals surface area contributed by atoms with Crippen molar-refractivity contribution in [2.75, 3.05) is 39.2 Å². The number of ether oxygens (including phenoxy) is 2. The topological polar surface area (TPSA) is 76.6 Å². The van der Waals surface area contributed by atoms with Crippen LogP contribution in [0.15, 0.2) is 30.6 Å². The first-order valence-corrected chi connectivity index (χ1v) is 9.66. The van der Waals surface area contributed by atoms with Crippen LogP contribution in [0.5, 0.6) is 11.5 Å². The first-order valence-electron chi connectivity index (χ1n) is 9.66. The molecule has 0 aliphatic carbocycles. The van der Waals surface area contributed by atoms with E-state index in [0.29, 0.717) is 29.7 Å². The van der Waals surface area contributed by atoms with Crippen molar-refractivity contribution in [1.29, 1.82) is 0 Å². The normalized spacial score (nSPS) is 14.6. The lowest BCUT2D eigenvalue weighted by atomic mass is 9.99. The molecule has 28 heavy (non-hydrogen) atoms. The molecule has 7 heteroatoms. The summed E-state index contributed by atoms with van der Waals surface area (Å²) in [5, 5.41) is 3.24. The molecule has 0 radical (unpaired) electrons. The van der Waals surface area contributed by atoms with Crippen molar-refractivity contribution in [1.82, 2.24) is 14.9 Å². The molecule has 1 N–H and O–H groups in total. The molecule has 1 saturated heterocycles. The van der Waals surface area contributed by atoms with Crippen molar-refractivity contribution in [3.8, 4) is 11.5 Å². The number of anilines is 1. The molecule has 2 aromatic rings. The Morgan fingerprint density at radius 3 is 2.54 bits per heavy atom. The van der Waals surface area contributed by atoms with Gasteiger partial charge in [0.05, 0.1) is 26.6 Å². The number of aromatic nitrogens is 2. The van der Waals surface area contributed by atoms with E-state index >= 15 is 0 Å². The van der Waals surface area contributed by atoms with E-state index in [2.05, 4.69) is 22.2 Å². The van der Waals surface area contributed by atoms with Crippen LogP contribution in [0.4, 0.5) is 5.82 Å². The van der Waals surface area contributed by atoms with Crippen molar-refractivity contribution in [3.63, 3.8) is 0 Å². The lowest BCUT2D eigenvalue weighted by Gasteiger charge is -2.29. The number of rotatable bonds is 7. The van der Waals surface area contributed by atoms with Gasteiger partial charge in [0.15, 0.2) is 11.5 Å². The first kappa shape index (κ1) is 19.9. The second-order valence-electron chi connectivity index (χ2n) is 7.13. The van der Waals surface area contributed by atoms with Gasteiger partial charge in [0.2, 0.25) is 0 Å². The molecule has 0 saturated carbocycles. The van der Waals surface area contributed by atoms with Crippen LogP contribution < -0.4 is 14.8 Å². The van der Waals surface area contributed by atoms with Crippen LogP contribution >= 0.6 is 0 Å². The Morgan fingerprint density at radius 1 is 1.14 bits per heavy atom. The molecule has 1 aromatic heterocycles. The molecule has 1 aliphatic heterocycles. The Labute approximate surface area is 166 Å². The monoisotopic (exact) mass is 384 g/mol. The standard InChI is InChI=1S/C21H28N4O3/c1-15-7-10-25(11-8-15)21(26)17-13-24-20(14-23-17)22-9-6-16-4-5-18(27-2)19(12-16)28-3/h4-5,12-15H,6-11H2,1-3H3,(H,22,24). The molecular weight excluding hydrogens is 356 g/mol. The quantitative estimate of drug-likeness (QED) is 0.791. The van der Waals surface area contributed by atoms with Gasteiger partial charge in [-0.05, 0) is 42.9 Å². The van der Waals surface area contributed by atoms with Gasteiger partial charge in [-0.25, -0.2) is 9.97 Å². The molecule has 7 nitrogen and oxygen atoms in total. The fraction of sp³-hybridized carbons (Fsp3) is 0.476. The highest BCUT2D eigenvalue weighted by Crippen LogP contribution is 2.27. The van der Waals surface area contributed by atoms with Gasteiger partial charge in [-0.1, -0.05) is 13.0 Å². The van der Waals surface area contributed by atoms with E-state index in [4.69, 9.17) is 9.47 Å². The summed E-state index contributed by atoms with van der Waals surface area (Å²) in [5.74, 6) is 2.75. The predicted molar refractivity (Wildman–Crippen MR) is 108 cm³/mol. The molecular formula is C21H28N4O3. The number of methoxy groups -OCH3 is 2. The summed E-state index contributed by atoms with van der Waals surface area (Å²) in [4.78, 5) is 23.0. The zero-order valence-corrected chi connectivity index (χ0v) is 16.8. The summed E-state index contributed by atoms with van der Waals surface area (Å²) < 4.78 is 10.6. The number of nitrogens with zero attached hydrogens (tertiary/aromatic N) is 3. The van der Waals surface area contributed by atoms with Gasteiger partial charge < -0.3 is 19.7 Å². The van der Waals surface area contributed by atoms with Crippen molar-refractivity contribution >= 4 is 11.7 Å². The fourth-order valence-electron chi connectivity index (χ4n) is 3.27. The van der Waals surface area contributed by atoms with Crippen molar-refractivity contribution in [2.45, 2.75) is 26.2 Å². The summed E-state index contributed by atoms with van der Waals surface area (Å²) in [6.45, 7) is 4.52. The zero-order valence-electron chi connectivity index (χ0n) is 16.8. The average Bonchev–Trinajstić information content (AvgIpc) is 2.74. The molecule has 1 fully saturated rings. The van der Waals surface area contributed by atoms with E-state index in [9.17, 15) is 4.79 Å². The molecule has 1 amide bonds. The van der Waals surface area contributed by atoms with Crippen molar-refractivity contribution in [3.05, 3.63) is 41.9 Å². The van der Waals surface area contributed by atoms with Gasteiger partial charge in [0, 0.05) is 19.6 Å². The first-order chi connectivity index (χ1) is 13.6. The van der Waals surface area contributed by atoms with Gasteiger partial charge in [-0.3, -0.25) is 4.79 Å². The molecule has 1 aromatic carbocycles. The minimum atomic E-state index is -0.0312. The Balaban J connectivity index is 1.51. The highest BCUT2D eigenvalue weighted by molar-refractivity contribution is 5.92.